The van der Waals surface area contributed by atoms with Crippen LogP contribution >= 0.6 is 0 Å². The van der Waals surface area contributed by atoms with E-state index in [1.165, 1.54) is 6.92 Å². The molecule has 0 heterocycles. The van der Waals surface area contributed by atoms with Crippen LogP contribution in [0.5, 0.6) is 0 Å². The van der Waals surface area contributed by atoms with Gasteiger partial charge in [-0.1, -0.05) is 0 Å². The van der Waals surface area contributed by atoms with Crippen molar-refractivity contribution in [1.29, 1.82) is 0 Å². The van der Waals surface area contributed by atoms with Crippen molar-refractivity contribution >= 4 is 63.0 Å². The fourth-order valence-electron chi connectivity index (χ4n) is 0.795. The summed E-state index contributed by atoms with van der Waals surface area (Å²) in [5.74, 6) is 0.378. The molecule has 1 rings (SSSR count). The molecule has 0 aliphatic heterocycles. The van der Waals surface area contributed by atoms with Crippen LogP contribution in [0.2, 0.25) is 0 Å². The molecule has 1 aliphatic carbocycles. The summed E-state index contributed by atoms with van der Waals surface area (Å²) in [5, 5.41) is 0. The summed E-state index contributed by atoms with van der Waals surface area (Å²) < 4.78 is 0. The SMILES string of the molecule is CC(=O)CC(=O)C1CC1.[K]. The van der Waals surface area contributed by atoms with Gasteiger partial charge >= 0.3 is 0 Å². The Kier molecular flexibility index (Phi) is 5.24. The van der Waals surface area contributed by atoms with Crippen LogP contribution in [0.3, 0.4) is 0 Å². The second-order valence-corrected chi connectivity index (χ2v) is 2.62. The fourth-order valence-corrected chi connectivity index (χ4v) is 0.795. The molecule has 0 bridgehead atoms. The van der Waals surface area contributed by atoms with E-state index in [1.54, 1.807) is 0 Å². The minimum Gasteiger partial charge on any atom is -0.300 e. The van der Waals surface area contributed by atoms with Crippen LogP contribution in [0.25, 0.3) is 0 Å². The summed E-state index contributed by atoms with van der Waals surface area (Å²) in [6.45, 7) is 1.46. The molecule has 0 aromatic heterocycles. The number of Topliss-reactive ketones (excluding diaryl/α,β-unsaturated/α-hetero) is 2. The molecule has 1 saturated carbocycles. The maximum Gasteiger partial charge on any atom is 0.143 e. The predicted octanol–water partition coefficient (Wildman–Crippen LogP) is 0.564. The number of hydrogen-bond donors (Lipinski definition) is 0. The van der Waals surface area contributed by atoms with Crippen molar-refractivity contribution in [1.82, 2.24) is 0 Å². The van der Waals surface area contributed by atoms with Crippen molar-refractivity contribution in [3.05, 3.63) is 0 Å². The van der Waals surface area contributed by atoms with Crippen LogP contribution in [0, 0.1) is 5.92 Å². The van der Waals surface area contributed by atoms with Gasteiger partial charge in [-0.15, -0.1) is 0 Å². The van der Waals surface area contributed by atoms with E-state index < -0.39 is 0 Å². The van der Waals surface area contributed by atoms with E-state index in [0.29, 0.717) is 0 Å². The van der Waals surface area contributed by atoms with Gasteiger partial charge in [0.25, 0.3) is 0 Å². The molecule has 51 valence electrons. The minimum absolute atomic E-state index is 0. The molecule has 0 saturated heterocycles. The van der Waals surface area contributed by atoms with Crippen molar-refractivity contribution in [2.45, 2.75) is 26.2 Å². The number of ketones is 2. The first kappa shape index (κ1) is 11.0. The zero-order chi connectivity index (χ0) is 6.85. The van der Waals surface area contributed by atoms with Crippen LogP contribution in [0.15, 0.2) is 0 Å². The number of carbonyl (C=O) groups excluding carboxylic acids is 2. The molecular formula is C7H10KO2. The van der Waals surface area contributed by atoms with Gasteiger partial charge < -0.3 is 0 Å². The molecule has 3 heteroatoms. The molecule has 10 heavy (non-hydrogen) atoms. The van der Waals surface area contributed by atoms with Gasteiger partial charge in [-0.3, -0.25) is 9.59 Å². The molecule has 2 nitrogen and oxygen atoms in total. The molecule has 1 fully saturated rings. The maximum atomic E-state index is 10.8. The van der Waals surface area contributed by atoms with Crippen LogP contribution in [-0.2, 0) is 9.59 Å². The second-order valence-electron chi connectivity index (χ2n) is 2.62. The third-order valence-corrected chi connectivity index (χ3v) is 1.46. The van der Waals surface area contributed by atoms with Crippen molar-refractivity contribution in [2.24, 2.45) is 5.92 Å². The Labute approximate surface area is 103 Å². The van der Waals surface area contributed by atoms with Crippen molar-refractivity contribution in [3.8, 4) is 0 Å². The zero-order valence-corrected chi connectivity index (χ0v) is 9.64. The van der Waals surface area contributed by atoms with Crippen molar-refractivity contribution in [2.75, 3.05) is 0 Å². The topological polar surface area (TPSA) is 34.1 Å². The molecule has 0 aromatic rings. The van der Waals surface area contributed by atoms with Crippen LogP contribution in [-0.4, -0.2) is 63.0 Å². The van der Waals surface area contributed by atoms with E-state index >= 15 is 0 Å². The Bertz CT molecular complexity index is 150. The van der Waals surface area contributed by atoms with Crippen LogP contribution in [0.4, 0.5) is 0 Å². The number of hydrogen-bond acceptors (Lipinski definition) is 2. The molecule has 0 atom stereocenters. The van der Waals surface area contributed by atoms with E-state index in [9.17, 15) is 9.59 Å². The first-order valence-electron chi connectivity index (χ1n) is 3.22. The first-order valence-corrected chi connectivity index (χ1v) is 3.22. The van der Waals surface area contributed by atoms with Gasteiger partial charge in [0.2, 0.25) is 0 Å². The van der Waals surface area contributed by atoms with E-state index in [-0.39, 0.29) is 75.3 Å². The minimum atomic E-state index is -0.00750. The number of rotatable bonds is 3. The van der Waals surface area contributed by atoms with Crippen LogP contribution in [0.1, 0.15) is 26.2 Å². The van der Waals surface area contributed by atoms with E-state index in [1.807, 2.05) is 0 Å². The Morgan fingerprint density at radius 1 is 1.40 bits per heavy atom. The van der Waals surface area contributed by atoms with E-state index in [4.69, 9.17) is 0 Å². The van der Waals surface area contributed by atoms with E-state index in [2.05, 4.69) is 0 Å². The van der Waals surface area contributed by atoms with Gasteiger partial charge in [0.05, 0.1) is 6.42 Å². The Balaban J connectivity index is 0.000000810. The summed E-state index contributed by atoms with van der Waals surface area (Å²) in [6.07, 6.45) is 2.17. The quantitative estimate of drug-likeness (QED) is 0.452. The maximum absolute atomic E-state index is 10.8. The molecule has 0 aromatic carbocycles. The van der Waals surface area contributed by atoms with Gasteiger partial charge in [0.15, 0.2) is 0 Å². The standard InChI is InChI=1S/C7H10O2.K/c1-5(8)4-7(9)6-2-3-6;/h6H,2-4H2,1H3;. The molecule has 1 aliphatic rings. The first-order chi connectivity index (χ1) is 4.20. The summed E-state index contributed by atoms with van der Waals surface area (Å²) in [6, 6.07) is 0. The van der Waals surface area contributed by atoms with Gasteiger partial charge in [-0.2, -0.15) is 0 Å². The Hall–Kier alpha value is 0.976. The van der Waals surface area contributed by atoms with Gasteiger partial charge in [-0.05, 0) is 19.8 Å². The summed E-state index contributed by atoms with van der Waals surface area (Å²) in [4.78, 5) is 21.2. The van der Waals surface area contributed by atoms with Gasteiger partial charge in [0, 0.05) is 57.3 Å². The molecular weight excluding hydrogens is 155 g/mol. The largest absolute Gasteiger partial charge is 0.300 e. The summed E-state index contributed by atoms with van der Waals surface area (Å²) in [7, 11) is 0. The van der Waals surface area contributed by atoms with Crippen molar-refractivity contribution < 1.29 is 9.59 Å². The van der Waals surface area contributed by atoms with Gasteiger partial charge in [0.1, 0.15) is 11.6 Å². The number of carbonyl (C=O) groups is 2. The van der Waals surface area contributed by atoms with E-state index in [0.717, 1.165) is 12.8 Å². The monoisotopic (exact) mass is 165 g/mol. The smallest absolute Gasteiger partial charge is 0.143 e. The van der Waals surface area contributed by atoms with Crippen LogP contribution < -0.4 is 0 Å². The normalized spacial score (nSPS) is 15.7. The third-order valence-electron chi connectivity index (χ3n) is 1.46. The fraction of sp³-hybridized carbons (Fsp3) is 0.714. The summed E-state index contributed by atoms with van der Waals surface area (Å²) >= 11 is 0. The zero-order valence-electron chi connectivity index (χ0n) is 6.52. The summed E-state index contributed by atoms with van der Waals surface area (Å²) in [5.41, 5.74) is 0. The third kappa shape index (κ3) is 3.98. The molecule has 1 radical (unpaired) electrons. The average molecular weight is 165 g/mol. The average Bonchev–Trinajstić information content (AvgIpc) is 2.40. The molecule has 0 amide bonds. The second kappa shape index (κ2) is 4.77. The molecule has 0 spiro atoms. The Morgan fingerprint density at radius 3 is 2.20 bits per heavy atom. The molecule has 0 N–H and O–H groups in total. The van der Waals surface area contributed by atoms with Gasteiger partial charge in [-0.25, -0.2) is 0 Å². The molecule has 0 unspecified atom stereocenters. The van der Waals surface area contributed by atoms with Crippen molar-refractivity contribution in [3.63, 3.8) is 0 Å². The predicted molar refractivity (Wildman–Crippen MR) is 38.8 cm³/mol. The Morgan fingerprint density at radius 2 is 1.90 bits per heavy atom.